The van der Waals surface area contributed by atoms with Gasteiger partial charge < -0.3 is 5.73 Å². The molecular formula is C11H15ClN2S. The third-order valence-electron chi connectivity index (χ3n) is 1.96. The van der Waals surface area contributed by atoms with Gasteiger partial charge in [-0.15, -0.1) is 0 Å². The molecule has 2 nitrogen and oxygen atoms in total. The van der Waals surface area contributed by atoms with Gasteiger partial charge in [0.15, 0.2) is 0 Å². The first-order valence-electron chi connectivity index (χ1n) is 4.77. The number of amidine groups is 1. The van der Waals surface area contributed by atoms with Crippen molar-refractivity contribution in [2.75, 3.05) is 0 Å². The first-order chi connectivity index (χ1) is 7.08. The van der Waals surface area contributed by atoms with Crippen LogP contribution in [0.3, 0.4) is 0 Å². The highest BCUT2D eigenvalue weighted by Gasteiger charge is 2.04. The van der Waals surface area contributed by atoms with Gasteiger partial charge in [0, 0.05) is 22.4 Å². The Morgan fingerprint density at radius 3 is 2.60 bits per heavy atom. The predicted molar refractivity (Wildman–Crippen MR) is 68.7 cm³/mol. The van der Waals surface area contributed by atoms with Crippen LogP contribution < -0.4 is 5.73 Å². The zero-order valence-electron chi connectivity index (χ0n) is 8.66. The van der Waals surface area contributed by atoms with Crippen molar-refractivity contribution < 1.29 is 0 Å². The van der Waals surface area contributed by atoms with Crippen LogP contribution in [0.1, 0.15) is 18.9 Å². The third kappa shape index (κ3) is 5.09. The topological polar surface area (TPSA) is 49.9 Å². The third-order valence-corrected chi connectivity index (χ3v) is 3.44. The maximum absolute atomic E-state index is 7.18. The highest BCUT2D eigenvalue weighted by molar-refractivity contribution is 7.99. The fourth-order valence-electron chi connectivity index (χ4n) is 1.19. The molecule has 15 heavy (non-hydrogen) atoms. The average molecular weight is 243 g/mol. The molecule has 0 radical (unpaired) electrons. The summed E-state index contributed by atoms with van der Waals surface area (Å²) in [6, 6.07) is 7.84. The van der Waals surface area contributed by atoms with Crippen molar-refractivity contribution >= 4 is 29.2 Å². The normalized spacial score (nSPS) is 12.4. The molecule has 0 heterocycles. The lowest BCUT2D eigenvalue weighted by atomic mass is 10.2. The molecule has 1 aromatic rings. The van der Waals surface area contributed by atoms with Crippen molar-refractivity contribution in [3.05, 3.63) is 34.9 Å². The summed E-state index contributed by atoms with van der Waals surface area (Å²) < 4.78 is 0. The minimum absolute atomic E-state index is 0.256. The predicted octanol–water partition coefficient (Wildman–Crippen LogP) is 3.29. The van der Waals surface area contributed by atoms with E-state index < -0.39 is 0 Å². The van der Waals surface area contributed by atoms with Crippen molar-refractivity contribution in [2.24, 2.45) is 5.73 Å². The van der Waals surface area contributed by atoms with E-state index in [9.17, 15) is 0 Å². The van der Waals surface area contributed by atoms with Crippen LogP contribution >= 0.6 is 23.4 Å². The number of hydrogen-bond acceptors (Lipinski definition) is 2. The van der Waals surface area contributed by atoms with Gasteiger partial charge in [-0.05, 0) is 17.7 Å². The molecule has 0 bridgehead atoms. The van der Waals surface area contributed by atoms with E-state index in [1.165, 1.54) is 5.56 Å². The summed E-state index contributed by atoms with van der Waals surface area (Å²) in [4.78, 5) is 0. The Balaban J connectivity index is 2.36. The van der Waals surface area contributed by atoms with Gasteiger partial charge in [-0.3, -0.25) is 5.41 Å². The van der Waals surface area contributed by atoms with E-state index in [0.717, 1.165) is 10.8 Å². The van der Waals surface area contributed by atoms with Crippen molar-refractivity contribution in [1.29, 1.82) is 5.41 Å². The summed E-state index contributed by atoms with van der Waals surface area (Å²) >= 11 is 7.59. The monoisotopic (exact) mass is 242 g/mol. The molecule has 0 aromatic heterocycles. The van der Waals surface area contributed by atoms with E-state index in [4.69, 9.17) is 22.7 Å². The van der Waals surface area contributed by atoms with E-state index in [1.807, 2.05) is 24.3 Å². The average Bonchev–Trinajstić information content (AvgIpc) is 2.16. The highest BCUT2D eigenvalue weighted by Crippen LogP contribution is 2.20. The molecule has 0 amide bonds. The fourth-order valence-corrected chi connectivity index (χ4v) is 2.28. The van der Waals surface area contributed by atoms with Gasteiger partial charge in [0.2, 0.25) is 0 Å². The second kappa shape index (κ2) is 6.03. The van der Waals surface area contributed by atoms with Gasteiger partial charge >= 0.3 is 0 Å². The van der Waals surface area contributed by atoms with Crippen molar-refractivity contribution in [1.82, 2.24) is 0 Å². The van der Waals surface area contributed by atoms with Gasteiger partial charge in [0.05, 0.1) is 5.84 Å². The Labute approximate surface area is 99.7 Å². The molecule has 0 aliphatic carbocycles. The molecule has 0 aliphatic rings. The van der Waals surface area contributed by atoms with Crippen LogP contribution in [0.4, 0.5) is 0 Å². The Morgan fingerprint density at radius 2 is 2.07 bits per heavy atom. The van der Waals surface area contributed by atoms with Gasteiger partial charge in [-0.2, -0.15) is 11.8 Å². The lowest BCUT2D eigenvalue weighted by Gasteiger charge is -2.09. The van der Waals surface area contributed by atoms with E-state index in [1.54, 1.807) is 11.8 Å². The zero-order chi connectivity index (χ0) is 11.3. The van der Waals surface area contributed by atoms with Crippen LogP contribution in [0.5, 0.6) is 0 Å². The first kappa shape index (κ1) is 12.4. The fraction of sp³-hybridized carbons (Fsp3) is 0.364. The first-order valence-corrected chi connectivity index (χ1v) is 6.19. The summed E-state index contributed by atoms with van der Waals surface area (Å²) in [6.45, 7) is 2.09. The van der Waals surface area contributed by atoms with Gasteiger partial charge in [0.25, 0.3) is 0 Å². The second-order valence-electron chi connectivity index (χ2n) is 3.48. The summed E-state index contributed by atoms with van der Waals surface area (Å²) in [5.74, 6) is 1.19. The molecule has 1 rings (SSSR count). The van der Waals surface area contributed by atoms with Crippen LogP contribution in [-0.4, -0.2) is 11.1 Å². The summed E-state index contributed by atoms with van der Waals surface area (Å²) in [5, 5.41) is 8.33. The van der Waals surface area contributed by atoms with E-state index in [0.29, 0.717) is 11.7 Å². The smallest absolute Gasteiger partial charge is 0.0916 e. The van der Waals surface area contributed by atoms with Crippen LogP contribution in [0.15, 0.2) is 24.3 Å². The molecule has 0 aliphatic heterocycles. The molecule has 0 spiro atoms. The number of halogens is 1. The second-order valence-corrected chi connectivity index (χ2v) is 5.34. The lowest BCUT2D eigenvalue weighted by Crippen LogP contribution is -2.15. The summed E-state index contributed by atoms with van der Waals surface area (Å²) in [7, 11) is 0. The summed E-state index contributed by atoms with van der Waals surface area (Å²) in [6.07, 6.45) is 0.651. The lowest BCUT2D eigenvalue weighted by molar-refractivity contribution is 0.995. The SMILES string of the molecule is CC(CC(=N)N)SCc1ccc(Cl)cc1. The molecular weight excluding hydrogens is 228 g/mol. The van der Waals surface area contributed by atoms with Gasteiger partial charge in [-0.25, -0.2) is 0 Å². The maximum atomic E-state index is 7.18. The number of nitrogens with one attached hydrogen (secondary N) is 1. The van der Waals surface area contributed by atoms with Crippen LogP contribution in [0.25, 0.3) is 0 Å². The highest BCUT2D eigenvalue weighted by atomic mass is 35.5. The largest absolute Gasteiger partial charge is 0.388 e. The number of hydrogen-bond donors (Lipinski definition) is 2. The Morgan fingerprint density at radius 1 is 1.47 bits per heavy atom. The minimum Gasteiger partial charge on any atom is -0.388 e. The number of benzene rings is 1. The molecule has 1 unspecified atom stereocenters. The van der Waals surface area contributed by atoms with Crippen molar-refractivity contribution in [3.63, 3.8) is 0 Å². The standard InChI is InChI=1S/C11H15ClN2S/c1-8(6-11(13)14)15-7-9-2-4-10(12)5-3-9/h2-5,8H,6-7H2,1H3,(H3,13,14). The Kier molecular flexibility index (Phi) is 4.99. The summed E-state index contributed by atoms with van der Waals surface area (Å²) in [5.41, 5.74) is 6.58. The maximum Gasteiger partial charge on any atom is 0.0916 e. The quantitative estimate of drug-likeness (QED) is 0.615. The van der Waals surface area contributed by atoms with E-state index >= 15 is 0 Å². The molecule has 1 aromatic carbocycles. The number of rotatable bonds is 5. The number of nitrogens with two attached hydrogens (primary N) is 1. The van der Waals surface area contributed by atoms with Crippen LogP contribution in [-0.2, 0) is 5.75 Å². The molecule has 0 saturated carbocycles. The molecule has 1 atom stereocenters. The molecule has 3 N–H and O–H groups in total. The minimum atomic E-state index is 0.256. The van der Waals surface area contributed by atoms with Crippen molar-refractivity contribution in [2.45, 2.75) is 24.3 Å². The van der Waals surface area contributed by atoms with Gasteiger partial charge in [-0.1, -0.05) is 30.7 Å². The van der Waals surface area contributed by atoms with E-state index in [-0.39, 0.29) is 5.84 Å². The molecule has 0 fully saturated rings. The molecule has 82 valence electrons. The Bertz CT molecular complexity index is 324. The van der Waals surface area contributed by atoms with Crippen molar-refractivity contribution in [3.8, 4) is 0 Å². The molecule has 0 saturated heterocycles. The zero-order valence-corrected chi connectivity index (χ0v) is 10.2. The molecule has 4 heteroatoms. The van der Waals surface area contributed by atoms with Gasteiger partial charge in [0.1, 0.15) is 0 Å². The van der Waals surface area contributed by atoms with E-state index in [2.05, 4.69) is 6.92 Å². The van der Waals surface area contributed by atoms with Crippen LogP contribution in [0.2, 0.25) is 5.02 Å². The Hall–Kier alpha value is -0.670. The number of thioether (sulfide) groups is 1. The van der Waals surface area contributed by atoms with Crippen LogP contribution in [0, 0.1) is 5.41 Å².